The number of hydrogen-bond acceptors (Lipinski definition) is 5. The zero-order valence-corrected chi connectivity index (χ0v) is 16.8. The number of sulfonamides is 1. The fourth-order valence-corrected chi connectivity index (χ4v) is 4.58. The lowest BCUT2D eigenvalue weighted by Gasteiger charge is -2.36. The van der Waals surface area contributed by atoms with Crippen LogP contribution in [0.15, 0.2) is 24.3 Å². The number of aromatic nitrogens is 1. The van der Waals surface area contributed by atoms with Crippen LogP contribution in [0.25, 0.3) is 10.9 Å². The molecule has 1 saturated heterocycles. The molecule has 148 valence electrons. The van der Waals surface area contributed by atoms with E-state index in [1.54, 1.807) is 6.07 Å². The van der Waals surface area contributed by atoms with Crippen molar-refractivity contribution in [3.63, 3.8) is 0 Å². The first-order valence-electron chi connectivity index (χ1n) is 9.17. The Labute approximate surface area is 160 Å². The molecule has 2 aromatic rings. The summed E-state index contributed by atoms with van der Waals surface area (Å²) in [5.41, 5.74) is 2.49. The molecule has 1 aromatic carbocycles. The minimum atomic E-state index is -3.33. The maximum atomic E-state index is 13.7. The second kappa shape index (κ2) is 8.08. The van der Waals surface area contributed by atoms with Crippen molar-refractivity contribution in [1.29, 1.82) is 0 Å². The predicted molar refractivity (Wildman–Crippen MR) is 105 cm³/mol. The van der Waals surface area contributed by atoms with E-state index in [0.717, 1.165) is 22.3 Å². The lowest BCUT2D eigenvalue weighted by molar-refractivity contribution is 0.0906. The second-order valence-corrected chi connectivity index (χ2v) is 9.15. The molecule has 0 saturated carbocycles. The Balaban J connectivity index is 1.73. The highest BCUT2D eigenvalue weighted by atomic mass is 32.2. The van der Waals surface area contributed by atoms with Crippen LogP contribution in [-0.2, 0) is 14.8 Å². The van der Waals surface area contributed by atoms with Gasteiger partial charge in [-0.3, -0.25) is 4.98 Å². The Morgan fingerprint density at radius 2 is 1.89 bits per heavy atom. The van der Waals surface area contributed by atoms with Gasteiger partial charge in [-0.05, 0) is 45.0 Å². The summed E-state index contributed by atoms with van der Waals surface area (Å²) in [6.45, 7) is 7.79. The van der Waals surface area contributed by atoms with E-state index < -0.39 is 10.0 Å². The molecule has 1 aromatic heterocycles. The van der Waals surface area contributed by atoms with E-state index in [0.29, 0.717) is 26.2 Å². The molecule has 2 heterocycles. The zero-order valence-electron chi connectivity index (χ0n) is 16.0. The molecule has 0 amide bonds. The van der Waals surface area contributed by atoms with Crippen molar-refractivity contribution in [2.24, 2.45) is 0 Å². The Morgan fingerprint density at radius 3 is 2.56 bits per heavy atom. The van der Waals surface area contributed by atoms with Gasteiger partial charge in [-0.1, -0.05) is 0 Å². The number of aryl methyl sites for hydroxylation is 1. The molecule has 6 nitrogen and oxygen atoms in total. The number of pyridine rings is 1. The first kappa shape index (κ1) is 20.0. The Kier molecular flexibility index (Phi) is 5.98. The third-order valence-corrected chi connectivity index (χ3v) is 6.48. The van der Waals surface area contributed by atoms with Crippen LogP contribution in [0.5, 0.6) is 0 Å². The number of piperazine rings is 1. The maximum Gasteiger partial charge on any atom is 0.216 e. The molecule has 1 aliphatic rings. The minimum Gasteiger partial charge on any atom is -0.378 e. The molecule has 27 heavy (non-hydrogen) atoms. The summed E-state index contributed by atoms with van der Waals surface area (Å²) in [7, 11) is -3.33. The average molecular weight is 396 g/mol. The highest BCUT2D eigenvalue weighted by Crippen LogP contribution is 2.28. The number of hydrogen-bond donors (Lipinski definition) is 0. The third-order valence-electron chi connectivity index (χ3n) is 4.64. The average Bonchev–Trinajstić information content (AvgIpc) is 2.61. The summed E-state index contributed by atoms with van der Waals surface area (Å²) < 4.78 is 45.6. The normalized spacial score (nSPS) is 16.4. The fourth-order valence-electron chi connectivity index (χ4n) is 3.30. The number of benzene rings is 1. The first-order valence-corrected chi connectivity index (χ1v) is 10.8. The summed E-state index contributed by atoms with van der Waals surface area (Å²) >= 11 is 0. The predicted octanol–water partition coefficient (Wildman–Crippen LogP) is 2.56. The van der Waals surface area contributed by atoms with E-state index in [2.05, 4.69) is 9.88 Å². The Morgan fingerprint density at radius 1 is 1.19 bits per heavy atom. The van der Waals surface area contributed by atoms with Gasteiger partial charge in [-0.15, -0.1) is 0 Å². The largest absolute Gasteiger partial charge is 0.378 e. The number of anilines is 1. The molecule has 0 N–H and O–H groups in total. The van der Waals surface area contributed by atoms with Crippen molar-refractivity contribution in [1.82, 2.24) is 9.29 Å². The van der Waals surface area contributed by atoms with Crippen LogP contribution in [0.4, 0.5) is 10.1 Å². The van der Waals surface area contributed by atoms with Crippen LogP contribution in [0.2, 0.25) is 0 Å². The Bertz CT molecular complexity index is 910. The van der Waals surface area contributed by atoms with Crippen molar-refractivity contribution in [2.45, 2.75) is 26.9 Å². The monoisotopic (exact) mass is 395 g/mol. The van der Waals surface area contributed by atoms with Crippen molar-refractivity contribution in [3.8, 4) is 0 Å². The summed E-state index contributed by atoms with van der Waals surface area (Å²) in [6.07, 6.45) is 0.0145. The van der Waals surface area contributed by atoms with Gasteiger partial charge in [0.05, 0.1) is 24.0 Å². The van der Waals surface area contributed by atoms with Gasteiger partial charge in [0.2, 0.25) is 10.0 Å². The van der Waals surface area contributed by atoms with Crippen molar-refractivity contribution in [2.75, 3.05) is 43.4 Å². The van der Waals surface area contributed by atoms with Gasteiger partial charge in [0.25, 0.3) is 0 Å². The molecule has 1 fully saturated rings. The van der Waals surface area contributed by atoms with Crippen LogP contribution in [0.1, 0.15) is 19.5 Å². The topological polar surface area (TPSA) is 62.7 Å². The summed E-state index contributed by atoms with van der Waals surface area (Å²) in [5.74, 6) is -0.311. The first-order chi connectivity index (χ1) is 12.8. The van der Waals surface area contributed by atoms with Gasteiger partial charge in [0.1, 0.15) is 5.82 Å². The molecule has 0 aliphatic carbocycles. The second-order valence-electron chi connectivity index (χ2n) is 7.07. The van der Waals surface area contributed by atoms with Crippen LogP contribution < -0.4 is 4.90 Å². The van der Waals surface area contributed by atoms with Gasteiger partial charge in [0, 0.05) is 42.9 Å². The highest BCUT2D eigenvalue weighted by Gasteiger charge is 2.27. The lowest BCUT2D eigenvalue weighted by atomic mass is 10.1. The minimum absolute atomic E-state index is 0.00626. The zero-order chi connectivity index (χ0) is 19.6. The smallest absolute Gasteiger partial charge is 0.216 e. The molecule has 8 heteroatoms. The number of ether oxygens (including phenoxy) is 1. The van der Waals surface area contributed by atoms with Gasteiger partial charge in [0.15, 0.2) is 0 Å². The van der Waals surface area contributed by atoms with Gasteiger partial charge >= 0.3 is 0 Å². The Hall–Kier alpha value is -1.77. The molecule has 3 rings (SSSR count). The van der Waals surface area contributed by atoms with Crippen molar-refractivity contribution >= 4 is 26.6 Å². The summed E-state index contributed by atoms with van der Waals surface area (Å²) in [6, 6.07) is 6.50. The van der Waals surface area contributed by atoms with Crippen molar-refractivity contribution in [3.05, 3.63) is 35.8 Å². The van der Waals surface area contributed by atoms with Gasteiger partial charge in [-0.2, -0.15) is 4.31 Å². The van der Waals surface area contributed by atoms with E-state index in [-0.39, 0.29) is 24.3 Å². The molecular formula is C19H26FN3O3S. The van der Waals surface area contributed by atoms with E-state index in [9.17, 15) is 12.8 Å². The maximum absolute atomic E-state index is 13.7. The van der Waals surface area contributed by atoms with E-state index in [1.807, 2.05) is 26.8 Å². The molecule has 0 atom stereocenters. The molecule has 0 radical (unpaired) electrons. The van der Waals surface area contributed by atoms with E-state index >= 15 is 0 Å². The molecule has 0 unspecified atom stereocenters. The van der Waals surface area contributed by atoms with Crippen LogP contribution >= 0.6 is 0 Å². The number of fused-ring (bicyclic) bond motifs is 1. The van der Waals surface area contributed by atoms with Crippen LogP contribution in [0, 0.1) is 12.7 Å². The molecule has 1 aliphatic heterocycles. The standard InChI is InChI=1S/C19H26FN3O3S/c1-14(2)26-10-11-27(24,25)23-8-6-22(7-9-23)19-12-15(3)21-18-5-4-16(20)13-17(18)19/h4-5,12-14H,6-11H2,1-3H3. The molecular weight excluding hydrogens is 369 g/mol. The number of rotatable bonds is 6. The molecule has 0 spiro atoms. The van der Waals surface area contributed by atoms with Crippen LogP contribution in [0.3, 0.4) is 0 Å². The van der Waals surface area contributed by atoms with Crippen molar-refractivity contribution < 1.29 is 17.5 Å². The SMILES string of the molecule is Cc1cc(N2CCN(S(=O)(=O)CCOC(C)C)CC2)c2cc(F)ccc2n1. The summed E-state index contributed by atoms with van der Waals surface area (Å²) in [5, 5.41) is 0.752. The lowest BCUT2D eigenvalue weighted by Crippen LogP contribution is -2.49. The van der Waals surface area contributed by atoms with Crippen LogP contribution in [-0.4, -0.2) is 62.3 Å². The fraction of sp³-hybridized carbons (Fsp3) is 0.526. The van der Waals surface area contributed by atoms with E-state index in [4.69, 9.17) is 4.74 Å². The summed E-state index contributed by atoms with van der Waals surface area (Å²) in [4.78, 5) is 6.57. The highest BCUT2D eigenvalue weighted by molar-refractivity contribution is 7.89. The quantitative estimate of drug-likeness (QED) is 0.752. The number of nitrogens with zero attached hydrogens (tertiary/aromatic N) is 3. The van der Waals surface area contributed by atoms with E-state index in [1.165, 1.54) is 16.4 Å². The number of halogens is 1. The third kappa shape index (κ3) is 4.75. The van der Waals surface area contributed by atoms with Gasteiger partial charge < -0.3 is 9.64 Å². The molecule has 0 bridgehead atoms. The van der Waals surface area contributed by atoms with Gasteiger partial charge in [-0.25, -0.2) is 12.8 Å².